The van der Waals surface area contributed by atoms with Crippen molar-refractivity contribution in [3.05, 3.63) is 53.9 Å². The van der Waals surface area contributed by atoms with Crippen molar-refractivity contribution in [1.29, 1.82) is 5.26 Å². The molecule has 0 aliphatic heterocycles. The molecule has 0 N–H and O–H groups in total. The van der Waals surface area contributed by atoms with Crippen LogP contribution in [0.25, 0.3) is 22.2 Å². The highest BCUT2D eigenvalue weighted by atomic mass is 16.5. The Morgan fingerprint density at radius 3 is 2.52 bits per heavy atom. The van der Waals surface area contributed by atoms with E-state index in [0.29, 0.717) is 11.1 Å². The highest BCUT2D eigenvalue weighted by molar-refractivity contribution is 5.94. The average molecular weight is 275 g/mol. The average Bonchev–Trinajstić information content (AvgIpc) is 2.53. The topological polar surface area (TPSA) is 58.8 Å². The molecule has 3 rings (SSSR count). The largest absolute Gasteiger partial charge is 0.497 e. The summed E-state index contributed by atoms with van der Waals surface area (Å²) in [5, 5.41) is 9.19. The molecular weight excluding hydrogens is 262 g/mol. The molecule has 0 atom stereocenters. The van der Waals surface area contributed by atoms with Gasteiger partial charge in [-0.15, -0.1) is 0 Å². The van der Waals surface area contributed by atoms with Gasteiger partial charge in [-0.25, -0.2) is 0 Å². The van der Waals surface area contributed by atoms with Gasteiger partial charge in [-0.3, -0.25) is 9.97 Å². The molecule has 0 bridgehead atoms. The number of ether oxygens (including phenoxy) is 1. The number of hydrogen-bond donors (Lipinski definition) is 0. The highest BCUT2D eigenvalue weighted by Crippen LogP contribution is 2.31. The van der Waals surface area contributed by atoms with Gasteiger partial charge in [-0.1, -0.05) is 12.1 Å². The lowest BCUT2D eigenvalue weighted by Gasteiger charge is -2.09. The van der Waals surface area contributed by atoms with Crippen molar-refractivity contribution in [1.82, 2.24) is 9.97 Å². The van der Waals surface area contributed by atoms with Gasteiger partial charge in [-0.05, 0) is 36.2 Å². The van der Waals surface area contributed by atoms with Crippen molar-refractivity contribution in [3.63, 3.8) is 0 Å². The van der Waals surface area contributed by atoms with Crippen LogP contribution in [0.1, 0.15) is 11.1 Å². The predicted molar refractivity (Wildman–Crippen MR) is 81.0 cm³/mol. The first-order chi connectivity index (χ1) is 10.2. The number of aromatic nitrogens is 2. The molecule has 0 amide bonds. The number of fused-ring (bicyclic) bond motifs is 1. The molecule has 0 unspecified atom stereocenters. The number of nitriles is 1. The molecule has 0 fully saturated rings. The maximum atomic E-state index is 9.19. The molecule has 0 radical (unpaired) electrons. The molecule has 2 aromatic carbocycles. The van der Waals surface area contributed by atoms with Crippen molar-refractivity contribution in [2.24, 2.45) is 0 Å². The van der Waals surface area contributed by atoms with Crippen LogP contribution in [-0.2, 0) is 0 Å². The number of benzene rings is 2. The summed E-state index contributed by atoms with van der Waals surface area (Å²) in [4.78, 5) is 8.68. The van der Waals surface area contributed by atoms with Crippen LogP contribution in [0.15, 0.2) is 42.7 Å². The zero-order valence-electron chi connectivity index (χ0n) is 11.8. The molecule has 0 saturated heterocycles. The van der Waals surface area contributed by atoms with Crippen LogP contribution in [0.5, 0.6) is 5.75 Å². The molecular formula is C17H13N3O. The quantitative estimate of drug-likeness (QED) is 0.718. The second-order valence-corrected chi connectivity index (χ2v) is 4.76. The molecule has 0 saturated carbocycles. The van der Waals surface area contributed by atoms with E-state index in [0.717, 1.165) is 28.0 Å². The predicted octanol–water partition coefficient (Wildman–Crippen LogP) is 3.49. The van der Waals surface area contributed by atoms with Crippen LogP contribution in [-0.4, -0.2) is 17.1 Å². The van der Waals surface area contributed by atoms with Crippen LogP contribution >= 0.6 is 0 Å². The summed E-state index contributed by atoms with van der Waals surface area (Å²) in [5.74, 6) is 0.798. The Labute approximate surface area is 122 Å². The molecule has 3 aromatic rings. The molecule has 0 aliphatic carbocycles. The minimum Gasteiger partial charge on any atom is -0.497 e. The zero-order chi connectivity index (χ0) is 14.8. The maximum Gasteiger partial charge on any atom is 0.119 e. The fraction of sp³-hybridized carbons (Fsp3) is 0.118. The lowest BCUT2D eigenvalue weighted by atomic mass is 9.99. The molecule has 4 nitrogen and oxygen atoms in total. The molecule has 102 valence electrons. The van der Waals surface area contributed by atoms with E-state index in [1.807, 2.05) is 25.1 Å². The Kier molecular flexibility index (Phi) is 3.25. The summed E-state index contributed by atoms with van der Waals surface area (Å²) in [7, 11) is 1.65. The Morgan fingerprint density at radius 1 is 1.05 bits per heavy atom. The van der Waals surface area contributed by atoms with Crippen LogP contribution in [0, 0.1) is 18.3 Å². The summed E-state index contributed by atoms with van der Waals surface area (Å²) < 4.78 is 5.33. The van der Waals surface area contributed by atoms with E-state index in [1.54, 1.807) is 25.6 Å². The summed E-state index contributed by atoms with van der Waals surface area (Å²) in [6.07, 6.45) is 3.24. The van der Waals surface area contributed by atoms with Gasteiger partial charge in [0.15, 0.2) is 0 Å². The van der Waals surface area contributed by atoms with Crippen LogP contribution < -0.4 is 4.74 Å². The first kappa shape index (κ1) is 13.1. The van der Waals surface area contributed by atoms with E-state index in [1.165, 1.54) is 0 Å². The van der Waals surface area contributed by atoms with Crippen molar-refractivity contribution < 1.29 is 4.74 Å². The highest BCUT2D eigenvalue weighted by Gasteiger charge is 2.11. The fourth-order valence-corrected chi connectivity index (χ4v) is 2.40. The minimum atomic E-state index is 0.529. The lowest BCUT2D eigenvalue weighted by Crippen LogP contribution is -1.92. The van der Waals surface area contributed by atoms with Crippen LogP contribution in [0.3, 0.4) is 0 Å². The van der Waals surface area contributed by atoms with Crippen LogP contribution in [0.4, 0.5) is 0 Å². The van der Waals surface area contributed by atoms with Gasteiger partial charge in [0, 0.05) is 18.0 Å². The Bertz CT molecular complexity index is 866. The van der Waals surface area contributed by atoms with Crippen LogP contribution in [0.2, 0.25) is 0 Å². The second-order valence-electron chi connectivity index (χ2n) is 4.76. The summed E-state index contributed by atoms with van der Waals surface area (Å²) >= 11 is 0. The summed E-state index contributed by atoms with van der Waals surface area (Å²) in [6.45, 7) is 2.02. The normalized spacial score (nSPS) is 10.3. The zero-order valence-corrected chi connectivity index (χ0v) is 11.8. The molecule has 21 heavy (non-hydrogen) atoms. The number of nitrogens with zero attached hydrogens (tertiary/aromatic N) is 3. The molecule has 0 spiro atoms. The van der Waals surface area contributed by atoms with E-state index < -0.39 is 0 Å². The van der Waals surface area contributed by atoms with E-state index in [-0.39, 0.29) is 0 Å². The lowest BCUT2D eigenvalue weighted by molar-refractivity contribution is 0.414. The van der Waals surface area contributed by atoms with E-state index in [4.69, 9.17) is 4.74 Å². The van der Waals surface area contributed by atoms with Gasteiger partial charge in [0.05, 0.1) is 18.2 Å². The summed E-state index contributed by atoms with van der Waals surface area (Å²) in [6, 6.07) is 11.8. The maximum absolute atomic E-state index is 9.19. The van der Waals surface area contributed by atoms with E-state index in [9.17, 15) is 5.26 Å². The number of aryl methyl sites for hydroxylation is 1. The van der Waals surface area contributed by atoms with Gasteiger partial charge < -0.3 is 4.74 Å². The SMILES string of the molecule is COc1cc(C)cc(-c2ccc(C#N)c3nccnc23)c1. The number of methoxy groups -OCH3 is 1. The third-order valence-electron chi connectivity index (χ3n) is 3.34. The third-order valence-corrected chi connectivity index (χ3v) is 3.34. The molecule has 1 heterocycles. The second kappa shape index (κ2) is 5.22. The van der Waals surface area contributed by atoms with Crippen molar-refractivity contribution in [3.8, 4) is 22.9 Å². The van der Waals surface area contributed by atoms with Gasteiger partial charge in [-0.2, -0.15) is 5.26 Å². The van der Waals surface area contributed by atoms with Gasteiger partial charge in [0.25, 0.3) is 0 Å². The van der Waals surface area contributed by atoms with Gasteiger partial charge in [0.2, 0.25) is 0 Å². The standard InChI is InChI=1S/C17H13N3O/c1-11-7-13(9-14(8-11)21-2)15-4-3-12(10-18)16-17(15)20-6-5-19-16/h3-9H,1-2H3. The Balaban J connectivity index is 2.31. The van der Waals surface area contributed by atoms with Gasteiger partial charge >= 0.3 is 0 Å². The third kappa shape index (κ3) is 2.30. The Hall–Kier alpha value is -2.93. The Morgan fingerprint density at radius 2 is 1.81 bits per heavy atom. The smallest absolute Gasteiger partial charge is 0.119 e. The first-order valence-corrected chi connectivity index (χ1v) is 6.53. The number of rotatable bonds is 2. The van der Waals surface area contributed by atoms with Crippen molar-refractivity contribution in [2.45, 2.75) is 6.92 Å². The van der Waals surface area contributed by atoms with Crippen molar-refractivity contribution >= 4 is 11.0 Å². The van der Waals surface area contributed by atoms with Gasteiger partial charge in [0.1, 0.15) is 17.3 Å². The fourth-order valence-electron chi connectivity index (χ4n) is 2.40. The first-order valence-electron chi connectivity index (χ1n) is 6.53. The number of hydrogen-bond acceptors (Lipinski definition) is 4. The minimum absolute atomic E-state index is 0.529. The molecule has 4 heteroatoms. The van der Waals surface area contributed by atoms with E-state index in [2.05, 4.69) is 22.1 Å². The van der Waals surface area contributed by atoms with E-state index >= 15 is 0 Å². The molecule has 1 aromatic heterocycles. The monoisotopic (exact) mass is 275 g/mol. The summed E-state index contributed by atoms with van der Waals surface area (Å²) in [5.41, 5.74) is 4.93. The molecule has 0 aliphatic rings. The van der Waals surface area contributed by atoms with Crippen molar-refractivity contribution in [2.75, 3.05) is 7.11 Å².